The molecule has 0 spiro atoms. The Morgan fingerprint density at radius 2 is 1.94 bits per heavy atom. The Bertz CT molecular complexity index is 931. The molecule has 2 heterocycles. The van der Waals surface area contributed by atoms with Crippen molar-refractivity contribution in [2.75, 3.05) is 19.6 Å². The first-order valence-corrected chi connectivity index (χ1v) is 10.7. The first kappa shape index (κ1) is 24.9. The van der Waals surface area contributed by atoms with Gasteiger partial charge in [0.25, 0.3) is 0 Å². The summed E-state index contributed by atoms with van der Waals surface area (Å²) in [6, 6.07) is 12.6. The highest BCUT2D eigenvalue weighted by Crippen LogP contribution is 2.06. The van der Waals surface area contributed by atoms with Gasteiger partial charge < -0.3 is 15.2 Å². The van der Waals surface area contributed by atoms with Crippen LogP contribution >= 0.6 is 24.0 Å². The Hall–Kier alpha value is -2.36. The van der Waals surface area contributed by atoms with Crippen molar-refractivity contribution >= 4 is 29.9 Å². The summed E-state index contributed by atoms with van der Waals surface area (Å²) in [5.41, 5.74) is 3.55. The fraction of sp³-hybridized carbons (Fsp3) is 0.435. The second-order valence-electron chi connectivity index (χ2n) is 7.40. The Kier molecular flexibility index (Phi) is 10.6. The van der Waals surface area contributed by atoms with Crippen molar-refractivity contribution in [3.8, 4) is 0 Å². The van der Waals surface area contributed by atoms with Gasteiger partial charge in [-0.2, -0.15) is 5.10 Å². The highest BCUT2D eigenvalue weighted by atomic mass is 127. The molecule has 31 heavy (non-hydrogen) atoms. The van der Waals surface area contributed by atoms with Crippen LogP contribution in [0.15, 0.2) is 53.8 Å². The summed E-state index contributed by atoms with van der Waals surface area (Å²) in [7, 11) is 0. The molecule has 0 fully saturated rings. The number of guanidine groups is 1. The zero-order valence-corrected chi connectivity index (χ0v) is 21.0. The number of aliphatic imine (C=N–C) groups is 1. The fourth-order valence-corrected chi connectivity index (χ4v) is 3.44. The third-order valence-electron chi connectivity index (χ3n) is 4.88. The molecule has 2 aromatic heterocycles. The minimum atomic E-state index is 0. The molecule has 1 aromatic carbocycles. The van der Waals surface area contributed by atoms with E-state index in [4.69, 9.17) is 4.99 Å². The maximum atomic E-state index is 4.70. The first-order chi connectivity index (χ1) is 14.7. The number of aromatic nitrogens is 4. The molecule has 0 amide bonds. The Morgan fingerprint density at radius 3 is 2.65 bits per heavy atom. The van der Waals surface area contributed by atoms with Gasteiger partial charge in [-0.25, -0.2) is 4.98 Å². The molecule has 8 heteroatoms. The number of aryl methyl sites for hydroxylation is 3. The van der Waals surface area contributed by atoms with E-state index in [2.05, 4.69) is 74.1 Å². The van der Waals surface area contributed by atoms with Crippen molar-refractivity contribution in [1.29, 1.82) is 0 Å². The molecule has 0 saturated carbocycles. The smallest absolute Gasteiger partial charge is 0.191 e. The normalized spacial score (nSPS) is 11.3. The lowest BCUT2D eigenvalue weighted by atomic mass is 10.2. The van der Waals surface area contributed by atoms with Crippen LogP contribution in [-0.4, -0.2) is 44.9 Å². The molecule has 0 atom stereocenters. The number of hydrogen-bond acceptors (Lipinski definition) is 3. The predicted octanol–water partition coefficient (Wildman–Crippen LogP) is 3.55. The van der Waals surface area contributed by atoms with Crippen LogP contribution in [0, 0.1) is 13.8 Å². The number of nitrogens with zero attached hydrogens (tertiary/aromatic N) is 5. The summed E-state index contributed by atoms with van der Waals surface area (Å²) in [5, 5.41) is 11.3. The zero-order valence-electron chi connectivity index (χ0n) is 18.7. The van der Waals surface area contributed by atoms with Crippen molar-refractivity contribution in [3.63, 3.8) is 0 Å². The Balaban J connectivity index is 0.00000341. The number of imidazole rings is 1. The molecular formula is C23H34IN7. The van der Waals surface area contributed by atoms with Gasteiger partial charge in [-0.3, -0.25) is 9.67 Å². The van der Waals surface area contributed by atoms with E-state index in [1.165, 1.54) is 11.3 Å². The summed E-state index contributed by atoms with van der Waals surface area (Å²) >= 11 is 0. The minimum Gasteiger partial charge on any atom is -0.357 e. The Labute approximate surface area is 202 Å². The maximum absolute atomic E-state index is 4.70. The van der Waals surface area contributed by atoms with Crippen LogP contribution in [0.4, 0.5) is 0 Å². The number of nitrogens with one attached hydrogen (secondary N) is 2. The largest absolute Gasteiger partial charge is 0.357 e. The molecule has 0 aliphatic rings. The molecule has 0 saturated heterocycles. The minimum absolute atomic E-state index is 0. The maximum Gasteiger partial charge on any atom is 0.191 e. The molecule has 0 aliphatic carbocycles. The summed E-state index contributed by atoms with van der Waals surface area (Å²) in [6.07, 6.45) is 5.72. The molecule has 7 nitrogen and oxygen atoms in total. The quantitative estimate of drug-likeness (QED) is 0.180. The lowest BCUT2D eigenvalue weighted by molar-refractivity contribution is 0.567. The molecule has 3 aromatic rings. The van der Waals surface area contributed by atoms with E-state index < -0.39 is 0 Å². The van der Waals surface area contributed by atoms with Gasteiger partial charge in [0, 0.05) is 57.2 Å². The van der Waals surface area contributed by atoms with Crippen LogP contribution < -0.4 is 10.6 Å². The van der Waals surface area contributed by atoms with E-state index in [1.807, 2.05) is 25.4 Å². The second-order valence-corrected chi connectivity index (χ2v) is 7.40. The first-order valence-electron chi connectivity index (χ1n) is 10.7. The average molecular weight is 535 g/mol. The van der Waals surface area contributed by atoms with Crippen LogP contribution in [0.5, 0.6) is 0 Å². The Morgan fingerprint density at radius 1 is 1.13 bits per heavy atom. The topological polar surface area (TPSA) is 72.1 Å². The van der Waals surface area contributed by atoms with E-state index >= 15 is 0 Å². The van der Waals surface area contributed by atoms with E-state index in [1.54, 1.807) is 0 Å². The highest BCUT2D eigenvalue weighted by Gasteiger charge is 2.05. The van der Waals surface area contributed by atoms with Gasteiger partial charge in [-0.1, -0.05) is 30.3 Å². The molecule has 0 unspecified atom stereocenters. The van der Waals surface area contributed by atoms with Gasteiger partial charge in [-0.05, 0) is 38.8 Å². The van der Waals surface area contributed by atoms with E-state index in [-0.39, 0.29) is 24.0 Å². The van der Waals surface area contributed by atoms with Gasteiger partial charge in [0.1, 0.15) is 5.82 Å². The molecular weight excluding hydrogens is 501 g/mol. The summed E-state index contributed by atoms with van der Waals surface area (Å²) in [4.78, 5) is 9.23. The summed E-state index contributed by atoms with van der Waals surface area (Å²) < 4.78 is 4.26. The van der Waals surface area contributed by atoms with Crippen molar-refractivity contribution < 1.29 is 0 Å². The number of benzene rings is 1. The van der Waals surface area contributed by atoms with Gasteiger partial charge in [0.15, 0.2) is 5.96 Å². The molecule has 168 valence electrons. The number of hydrogen-bond donors (Lipinski definition) is 2. The standard InChI is InChI=1S/C23H33N7.HI/c1-4-24-23(26-12-8-15-30-20(3)17-19(2)28-30)27-13-11-22-25-14-16-29(22)18-21-9-6-5-7-10-21;/h5-7,9-10,14,16-17H,4,8,11-13,15,18H2,1-3H3,(H2,24,26,27);1H. The SMILES string of the molecule is CCNC(=NCCCn1nc(C)cc1C)NCCc1nccn1Cc1ccccc1.I. The van der Waals surface area contributed by atoms with E-state index in [0.717, 1.165) is 63.0 Å². The highest BCUT2D eigenvalue weighted by molar-refractivity contribution is 14.0. The zero-order chi connectivity index (χ0) is 21.2. The van der Waals surface area contributed by atoms with Crippen molar-refractivity contribution in [1.82, 2.24) is 30.0 Å². The van der Waals surface area contributed by atoms with Crippen LogP contribution in [0.3, 0.4) is 0 Å². The van der Waals surface area contributed by atoms with Crippen molar-refractivity contribution in [2.45, 2.75) is 46.7 Å². The summed E-state index contributed by atoms with van der Waals surface area (Å²) in [6.45, 7) is 10.3. The van der Waals surface area contributed by atoms with Crippen molar-refractivity contribution in [3.05, 3.63) is 71.6 Å². The van der Waals surface area contributed by atoms with Gasteiger partial charge in [0.2, 0.25) is 0 Å². The van der Waals surface area contributed by atoms with Gasteiger partial charge in [-0.15, -0.1) is 24.0 Å². The van der Waals surface area contributed by atoms with Gasteiger partial charge >= 0.3 is 0 Å². The lowest BCUT2D eigenvalue weighted by Gasteiger charge is -2.12. The molecule has 2 N–H and O–H groups in total. The molecule has 0 aliphatic heterocycles. The van der Waals surface area contributed by atoms with Gasteiger partial charge in [0.05, 0.1) is 5.69 Å². The van der Waals surface area contributed by atoms with Crippen molar-refractivity contribution in [2.24, 2.45) is 4.99 Å². The molecule has 0 radical (unpaired) electrons. The third-order valence-corrected chi connectivity index (χ3v) is 4.88. The number of rotatable bonds is 10. The fourth-order valence-electron chi connectivity index (χ4n) is 3.44. The second kappa shape index (κ2) is 13.1. The summed E-state index contributed by atoms with van der Waals surface area (Å²) in [5.74, 6) is 1.93. The average Bonchev–Trinajstić information content (AvgIpc) is 3.31. The molecule has 3 rings (SSSR count). The van der Waals surface area contributed by atoms with Crippen LogP contribution in [0.1, 0.15) is 36.1 Å². The third kappa shape index (κ3) is 8.01. The number of halogens is 1. The van der Waals surface area contributed by atoms with Crippen LogP contribution in [0.25, 0.3) is 0 Å². The van der Waals surface area contributed by atoms with E-state index in [9.17, 15) is 0 Å². The molecule has 0 bridgehead atoms. The van der Waals surface area contributed by atoms with E-state index in [0.29, 0.717) is 0 Å². The predicted molar refractivity (Wildman–Crippen MR) is 137 cm³/mol. The van der Waals surface area contributed by atoms with Crippen LogP contribution in [0.2, 0.25) is 0 Å². The lowest BCUT2D eigenvalue weighted by Crippen LogP contribution is -2.38. The monoisotopic (exact) mass is 535 g/mol. The van der Waals surface area contributed by atoms with Crippen LogP contribution in [-0.2, 0) is 19.5 Å².